The summed E-state index contributed by atoms with van der Waals surface area (Å²) in [5, 5.41) is 9.29. The van der Waals surface area contributed by atoms with Crippen molar-refractivity contribution >= 4 is 0 Å². The van der Waals surface area contributed by atoms with Crippen LogP contribution in [-0.2, 0) is 0 Å². The topological polar surface area (TPSA) is 26.7 Å². The van der Waals surface area contributed by atoms with Gasteiger partial charge in [0.1, 0.15) is 0 Å². The van der Waals surface area contributed by atoms with Crippen molar-refractivity contribution in [3.05, 3.63) is 0 Å². The molecule has 1 atom stereocenters. The van der Waals surface area contributed by atoms with Crippen molar-refractivity contribution in [2.24, 2.45) is 0 Å². The molecule has 2 saturated heterocycles. The highest BCUT2D eigenvalue weighted by atomic mass is 16.3. The first kappa shape index (κ1) is 10.4. The fourth-order valence-corrected chi connectivity index (χ4v) is 2.77. The minimum Gasteiger partial charge on any atom is -0.381 e. The van der Waals surface area contributed by atoms with Gasteiger partial charge in [-0.05, 0) is 45.2 Å². The molecule has 0 radical (unpaired) electrons. The number of hydrogen-bond acceptors (Lipinski definition) is 3. The molecule has 0 aromatic rings. The van der Waals surface area contributed by atoms with E-state index in [1.807, 2.05) is 0 Å². The van der Waals surface area contributed by atoms with E-state index in [1.165, 1.54) is 51.6 Å². The Labute approximate surface area is 86.7 Å². The predicted octanol–water partition coefficient (Wildman–Crippen LogP) is 1.23. The smallest absolute Gasteiger partial charge is 0.0968 e. The number of nitrogens with zero attached hydrogens (tertiary/aromatic N) is 2. The van der Waals surface area contributed by atoms with Gasteiger partial charge in [0, 0.05) is 6.54 Å². The third-order valence-electron chi connectivity index (χ3n) is 3.57. The fourth-order valence-electron chi connectivity index (χ4n) is 2.77. The minimum absolute atomic E-state index is 0.237. The van der Waals surface area contributed by atoms with E-state index < -0.39 is 0 Å². The molecule has 2 aliphatic rings. The Morgan fingerprint density at radius 3 is 2.36 bits per heavy atom. The minimum atomic E-state index is 0.237. The molecule has 0 bridgehead atoms. The van der Waals surface area contributed by atoms with Crippen LogP contribution in [-0.4, -0.2) is 47.4 Å². The van der Waals surface area contributed by atoms with Crippen LogP contribution in [0.3, 0.4) is 0 Å². The summed E-state index contributed by atoms with van der Waals surface area (Å²) in [6.07, 6.45) is 8.45. The summed E-state index contributed by atoms with van der Waals surface area (Å²) < 4.78 is 0. The Bertz CT molecular complexity index is 169. The Morgan fingerprint density at radius 1 is 0.929 bits per heavy atom. The number of likely N-dealkylation sites (tertiary alicyclic amines) is 2. The van der Waals surface area contributed by atoms with Crippen LogP contribution in [0.25, 0.3) is 0 Å². The summed E-state index contributed by atoms with van der Waals surface area (Å²) in [4.78, 5) is 4.80. The van der Waals surface area contributed by atoms with Crippen molar-refractivity contribution in [3.8, 4) is 0 Å². The molecule has 2 heterocycles. The van der Waals surface area contributed by atoms with Crippen molar-refractivity contribution in [2.45, 2.75) is 44.7 Å². The van der Waals surface area contributed by atoms with Gasteiger partial charge in [-0.25, -0.2) is 0 Å². The van der Waals surface area contributed by atoms with Crippen LogP contribution < -0.4 is 0 Å². The summed E-state index contributed by atoms with van der Waals surface area (Å²) in [5.41, 5.74) is 0. The van der Waals surface area contributed by atoms with Gasteiger partial charge in [0.05, 0.1) is 12.9 Å². The van der Waals surface area contributed by atoms with Crippen molar-refractivity contribution < 1.29 is 5.11 Å². The molecule has 0 aliphatic carbocycles. The molecule has 2 fully saturated rings. The maximum atomic E-state index is 9.29. The highest BCUT2D eigenvalue weighted by Crippen LogP contribution is 2.22. The summed E-state index contributed by atoms with van der Waals surface area (Å²) in [6, 6.07) is 0. The molecule has 2 rings (SSSR count). The van der Waals surface area contributed by atoms with E-state index in [4.69, 9.17) is 0 Å². The largest absolute Gasteiger partial charge is 0.381 e. The SMILES string of the molecule is OCN1CCCC[C@@H]1N1CCCCC1. The van der Waals surface area contributed by atoms with Crippen molar-refractivity contribution in [1.29, 1.82) is 0 Å². The van der Waals surface area contributed by atoms with Gasteiger partial charge in [-0.1, -0.05) is 6.42 Å². The van der Waals surface area contributed by atoms with Gasteiger partial charge in [0.25, 0.3) is 0 Å². The quantitative estimate of drug-likeness (QED) is 0.723. The van der Waals surface area contributed by atoms with Gasteiger partial charge >= 0.3 is 0 Å². The first-order chi connectivity index (χ1) is 6.92. The van der Waals surface area contributed by atoms with E-state index in [9.17, 15) is 5.11 Å². The maximum Gasteiger partial charge on any atom is 0.0968 e. The molecule has 82 valence electrons. The molecular weight excluding hydrogens is 176 g/mol. The molecule has 14 heavy (non-hydrogen) atoms. The second-order valence-electron chi connectivity index (χ2n) is 4.53. The Hall–Kier alpha value is -0.120. The second kappa shape index (κ2) is 5.10. The summed E-state index contributed by atoms with van der Waals surface area (Å²) >= 11 is 0. The lowest BCUT2D eigenvalue weighted by Gasteiger charge is -2.43. The summed E-state index contributed by atoms with van der Waals surface area (Å²) in [5.74, 6) is 0. The van der Waals surface area contributed by atoms with Gasteiger partial charge in [0.2, 0.25) is 0 Å². The number of rotatable bonds is 2. The van der Waals surface area contributed by atoms with Crippen LogP contribution >= 0.6 is 0 Å². The lowest BCUT2D eigenvalue weighted by molar-refractivity contribution is -0.0427. The zero-order valence-electron chi connectivity index (χ0n) is 8.99. The van der Waals surface area contributed by atoms with Crippen molar-refractivity contribution in [3.63, 3.8) is 0 Å². The van der Waals surface area contributed by atoms with Gasteiger partial charge in [-0.3, -0.25) is 9.80 Å². The summed E-state index contributed by atoms with van der Waals surface area (Å²) in [6.45, 7) is 3.79. The second-order valence-corrected chi connectivity index (χ2v) is 4.53. The van der Waals surface area contributed by atoms with E-state index in [2.05, 4.69) is 9.80 Å². The van der Waals surface area contributed by atoms with Gasteiger partial charge < -0.3 is 5.11 Å². The van der Waals surface area contributed by atoms with Crippen LogP contribution in [0, 0.1) is 0 Å². The average Bonchev–Trinajstić information content (AvgIpc) is 2.30. The average molecular weight is 198 g/mol. The lowest BCUT2D eigenvalue weighted by atomic mass is 10.0. The number of aliphatic hydroxyl groups is 1. The summed E-state index contributed by atoms with van der Waals surface area (Å²) in [7, 11) is 0. The van der Waals surface area contributed by atoms with Crippen LogP contribution in [0.2, 0.25) is 0 Å². The van der Waals surface area contributed by atoms with E-state index in [0.717, 1.165) is 6.54 Å². The van der Waals surface area contributed by atoms with Crippen molar-refractivity contribution in [2.75, 3.05) is 26.4 Å². The Morgan fingerprint density at radius 2 is 1.64 bits per heavy atom. The first-order valence-corrected chi connectivity index (χ1v) is 6.01. The molecule has 0 spiro atoms. The van der Waals surface area contributed by atoms with Crippen LogP contribution in [0.4, 0.5) is 0 Å². The number of hydrogen-bond donors (Lipinski definition) is 1. The third-order valence-corrected chi connectivity index (χ3v) is 3.57. The molecule has 0 unspecified atom stereocenters. The van der Waals surface area contributed by atoms with Crippen LogP contribution in [0.5, 0.6) is 0 Å². The van der Waals surface area contributed by atoms with Crippen LogP contribution in [0.1, 0.15) is 38.5 Å². The normalized spacial score (nSPS) is 31.9. The first-order valence-electron chi connectivity index (χ1n) is 6.01. The third kappa shape index (κ3) is 2.27. The van der Waals surface area contributed by atoms with Gasteiger partial charge in [0.15, 0.2) is 0 Å². The molecule has 2 aliphatic heterocycles. The molecular formula is C11H22N2O. The predicted molar refractivity (Wildman–Crippen MR) is 56.9 cm³/mol. The van der Waals surface area contributed by atoms with E-state index in [0.29, 0.717) is 6.17 Å². The molecule has 3 heteroatoms. The molecule has 1 N–H and O–H groups in total. The maximum absolute atomic E-state index is 9.29. The standard InChI is InChI=1S/C11H22N2O/c14-10-13-9-5-2-6-11(13)12-7-3-1-4-8-12/h11,14H,1-10H2/t11-/m1/s1. The van der Waals surface area contributed by atoms with E-state index in [1.54, 1.807) is 0 Å². The highest BCUT2D eigenvalue weighted by molar-refractivity contribution is 4.78. The highest BCUT2D eigenvalue weighted by Gasteiger charge is 2.27. The number of piperidine rings is 2. The lowest BCUT2D eigenvalue weighted by Crippen LogP contribution is -2.52. The fraction of sp³-hybridized carbons (Fsp3) is 1.00. The molecule has 0 amide bonds. The molecule has 3 nitrogen and oxygen atoms in total. The molecule has 0 saturated carbocycles. The molecule has 0 aromatic heterocycles. The Kier molecular flexibility index (Phi) is 3.79. The Balaban J connectivity index is 1.91. The zero-order chi connectivity index (χ0) is 9.80. The van der Waals surface area contributed by atoms with E-state index in [-0.39, 0.29) is 6.73 Å². The van der Waals surface area contributed by atoms with E-state index >= 15 is 0 Å². The van der Waals surface area contributed by atoms with Gasteiger partial charge in [-0.2, -0.15) is 0 Å². The monoisotopic (exact) mass is 198 g/mol. The number of aliphatic hydroxyl groups excluding tert-OH is 1. The van der Waals surface area contributed by atoms with Crippen molar-refractivity contribution in [1.82, 2.24) is 9.80 Å². The molecule has 0 aromatic carbocycles. The van der Waals surface area contributed by atoms with Crippen LogP contribution in [0.15, 0.2) is 0 Å². The zero-order valence-corrected chi connectivity index (χ0v) is 8.99. The van der Waals surface area contributed by atoms with Gasteiger partial charge in [-0.15, -0.1) is 0 Å².